The maximum Gasteiger partial charge on any atom is 0.251 e. The van der Waals surface area contributed by atoms with Gasteiger partial charge < -0.3 is 20.5 Å². The van der Waals surface area contributed by atoms with Crippen LogP contribution in [-0.4, -0.2) is 20.1 Å². The molecule has 0 aromatic heterocycles. The van der Waals surface area contributed by atoms with Crippen LogP contribution in [0.4, 0.5) is 5.69 Å². The number of methoxy groups -OCH3 is 2. The van der Waals surface area contributed by atoms with Crippen LogP contribution in [0, 0.1) is 0 Å². The molecule has 1 amide bonds. The first-order valence-corrected chi connectivity index (χ1v) is 6.48. The highest BCUT2D eigenvalue weighted by Gasteiger charge is 2.07. The molecule has 0 aliphatic rings. The van der Waals surface area contributed by atoms with Crippen molar-refractivity contribution in [2.24, 2.45) is 0 Å². The molecule has 0 saturated carbocycles. The van der Waals surface area contributed by atoms with Gasteiger partial charge in [0.25, 0.3) is 5.91 Å². The number of nitrogen functional groups attached to an aromatic ring is 1. The van der Waals surface area contributed by atoms with Gasteiger partial charge >= 0.3 is 0 Å². The lowest BCUT2D eigenvalue weighted by atomic mass is 10.1. The van der Waals surface area contributed by atoms with E-state index in [0.29, 0.717) is 29.3 Å². The average molecular weight is 286 g/mol. The van der Waals surface area contributed by atoms with Crippen LogP contribution in [0.1, 0.15) is 15.9 Å². The SMILES string of the molecule is COc1cccc(C(=O)NCc2ccc(OC)c(N)c2)c1. The van der Waals surface area contributed by atoms with Gasteiger partial charge in [0, 0.05) is 12.1 Å². The number of hydrogen-bond donors (Lipinski definition) is 2. The second-order valence-electron chi connectivity index (χ2n) is 4.49. The molecule has 110 valence electrons. The van der Waals surface area contributed by atoms with Gasteiger partial charge in [-0.15, -0.1) is 0 Å². The summed E-state index contributed by atoms with van der Waals surface area (Å²) in [5, 5.41) is 2.84. The summed E-state index contributed by atoms with van der Waals surface area (Å²) in [6.07, 6.45) is 0. The fourth-order valence-corrected chi connectivity index (χ4v) is 1.94. The largest absolute Gasteiger partial charge is 0.497 e. The molecule has 0 spiro atoms. The number of carbonyl (C=O) groups is 1. The Morgan fingerprint density at radius 3 is 2.62 bits per heavy atom. The Bertz CT molecular complexity index is 641. The van der Waals surface area contributed by atoms with Crippen molar-refractivity contribution in [1.82, 2.24) is 5.32 Å². The zero-order valence-electron chi connectivity index (χ0n) is 12.1. The normalized spacial score (nSPS) is 10.0. The van der Waals surface area contributed by atoms with Crippen molar-refractivity contribution < 1.29 is 14.3 Å². The van der Waals surface area contributed by atoms with Gasteiger partial charge in [-0.2, -0.15) is 0 Å². The van der Waals surface area contributed by atoms with Gasteiger partial charge in [-0.05, 0) is 35.9 Å². The van der Waals surface area contributed by atoms with Gasteiger partial charge in [-0.25, -0.2) is 0 Å². The zero-order valence-corrected chi connectivity index (χ0v) is 12.1. The highest BCUT2D eigenvalue weighted by atomic mass is 16.5. The van der Waals surface area contributed by atoms with Crippen molar-refractivity contribution in [1.29, 1.82) is 0 Å². The lowest BCUT2D eigenvalue weighted by molar-refractivity contribution is 0.0950. The smallest absolute Gasteiger partial charge is 0.251 e. The first-order chi connectivity index (χ1) is 10.1. The minimum atomic E-state index is -0.164. The van der Waals surface area contributed by atoms with E-state index in [1.165, 1.54) is 0 Å². The van der Waals surface area contributed by atoms with Gasteiger partial charge in [-0.3, -0.25) is 4.79 Å². The molecule has 0 fully saturated rings. The lowest BCUT2D eigenvalue weighted by Gasteiger charge is -2.09. The first-order valence-electron chi connectivity index (χ1n) is 6.48. The molecule has 0 aliphatic heterocycles. The number of ether oxygens (including phenoxy) is 2. The van der Waals surface area contributed by atoms with E-state index in [1.807, 2.05) is 6.07 Å². The van der Waals surface area contributed by atoms with Crippen molar-refractivity contribution in [3.05, 3.63) is 53.6 Å². The van der Waals surface area contributed by atoms with Crippen molar-refractivity contribution in [2.45, 2.75) is 6.54 Å². The molecule has 0 saturated heterocycles. The molecule has 3 N–H and O–H groups in total. The molecule has 5 heteroatoms. The molecule has 2 rings (SSSR count). The molecule has 21 heavy (non-hydrogen) atoms. The average Bonchev–Trinajstić information content (AvgIpc) is 2.52. The number of anilines is 1. The molecule has 0 radical (unpaired) electrons. The Morgan fingerprint density at radius 2 is 1.95 bits per heavy atom. The van der Waals surface area contributed by atoms with E-state index in [9.17, 15) is 4.79 Å². The second kappa shape index (κ2) is 6.65. The van der Waals surface area contributed by atoms with Crippen LogP contribution in [0.25, 0.3) is 0 Å². The summed E-state index contributed by atoms with van der Waals surface area (Å²) in [5.41, 5.74) is 7.84. The Hall–Kier alpha value is -2.69. The number of rotatable bonds is 5. The van der Waals surface area contributed by atoms with Crippen molar-refractivity contribution >= 4 is 11.6 Å². The molecule has 0 bridgehead atoms. The van der Waals surface area contributed by atoms with Gasteiger partial charge in [0.15, 0.2) is 0 Å². The van der Waals surface area contributed by atoms with E-state index in [4.69, 9.17) is 15.2 Å². The van der Waals surface area contributed by atoms with E-state index in [2.05, 4.69) is 5.32 Å². The molecule has 5 nitrogen and oxygen atoms in total. The zero-order chi connectivity index (χ0) is 15.2. The van der Waals surface area contributed by atoms with Crippen LogP contribution < -0.4 is 20.5 Å². The Labute approximate surface area is 123 Å². The molecule has 0 heterocycles. The number of amides is 1. The van der Waals surface area contributed by atoms with Crippen molar-refractivity contribution in [2.75, 3.05) is 20.0 Å². The summed E-state index contributed by atoms with van der Waals surface area (Å²) in [5.74, 6) is 1.11. The second-order valence-corrected chi connectivity index (χ2v) is 4.49. The first kappa shape index (κ1) is 14.7. The fourth-order valence-electron chi connectivity index (χ4n) is 1.94. The third-order valence-electron chi connectivity index (χ3n) is 3.08. The predicted octanol–water partition coefficient (Wildman–Crippen LogP) is 2.22. The van der Waals surface area contributed by atoms with Gasteiger partial charge in [-0.1, -0.05) is 12.1 Å². The number of hydrogen-bond acceptors (Lipinski definition) is 4. The summed E-state index contributed by atoms with van der Waals surface area (Å²) in [6.45, 7) is 0.393. The van der Waals surface area contributed by atoms with Crippen LogP contribution in [-0.2, 0) is 6.54 Å². The standard InChI is InChI=1S/C16H18N2O3/c1-20-13-5-3-4-12(9-13)16(19)18-10-11-6-7-15(21-2)14(17)8-11/h3-9H,10,17H2,1-2H3,(H,18,19). The van der Waals surface area contributed by atoms with E-state index in [-0.39, 0.29) is 5.91 Å². The number of nitrogens with two attached hydrogens (primary N) is 1. The fraction of sp³-hybridized carbons (Fsp3) is 0.188. The molecule has 0 atom stereocenters. The maximum atomic E-state index is 12.1. The van der Waals surface area contributed by atoms with E-state index in [1.54, 1.807) is 50.6 Å². The van der Waals surface area contributed by atoms with E-state index < -0.39 is 0 Å². The molecule has 2 aromatic rings. The summed E-state index contributed by atoms with van der Waals surface area (Å²) in [6, 6.07) is 12.4. The Balaban J connectivity index is 2.02. The molecular formula is C16H18N2O3. The van der Waals surface area contributed by atoms with Crippen LogP contribution in [0.3, 0.4) is 0 Å². The quantitative estimate of drug-likeness (QED) is 0.827. The topological polar surface area (TPSA) is 73.6 Å². The van der Waals surface area contributed by atoms with Crippen LogP contribution in [0.15, 0.2) is 42.5 Å². The number of carbonyl (C=O) groups excluding carboxylic acids is 1. The third kappa shape index (κ3) is 3.66. The predicted molar refractivity (Wildman–Crippen MR) is 81.6 cm³/mol. The van der Waals surface area contributed by atoms with Gasteiger partial charge in [0.05, 0.1) is 19.9 Å². The minimum absolute atomic E-state index is 0.164. The Morgan fingerprint density at radius 1 is 1.14 bits per heavy atom. The summed E-state index contributed by atoms with van der Waals surface area (Å²) in [7, 11) is 3.13. The van der Waals surface area contributed by atoms with E-state index in [0.717, 1.165) is 5.56 Å². The summed E-state index contributed by atoms with van der Waals surface area (Å²) < 4.78 is 10.2. The van der Waals surface area contributed by atoms with E-state index >= 15 is 0 Å². The lowest BCUT2D eigenvalue weighted by Crippen LogP contribution is -2.22. The monoisotopic (exact) mass is 286 g/mol. The van der Waals surface area contributed by atoms with Crippen LogP contribution >= 0.6 is 0 Å². The molecule has 2 aromatic carbocycles. The van der Waals surface area contributed by atoms with Crippen LogP contribution in [0.2, 0.25) is 0 Å². The highest BCUT2D eigenvalue weighted by molar-refractivity contribution is 5.94. The summed E-state index contributed by atoms with van der Waals surface area (Å²) >= 11 is 0. The highest BCUT2D eigenvalue weighted by Crippen LogP contribution is 2.21. The molecule has 0 aliphatic carbocycles. The van der Waals surface area contributed by atoms with Gasteiger partial charge in [0.1, 0.15) is 11.5 Å². The third-order valence-corrected chi connectivity index (χ3v) is 3.08. The minimum Gasteiger partial charge on any atom is -0.497 e. The van der Waals surface area contributed by atoms with Crippen LogP contribution in [0.5, 0.6) is 11.5 Å². The number of nitrogens with one attached hydrogen (secondary N) is 1. The van der Waals surface area contributed by atoms with Crippen molar-refractivity contribution in [3.8, 4) is 11.5 Å². The summed E-state index contributed by atoms with van der Waals surface area (Å²) in [4.78, 5) is 12.1. The van der Waals surface area contributed by atoms with Gasteiger partial charge in [0.2, 0.25) is 0 Å². The molecule has 0 unspecified atom stereocenters. The van der Waals surface area contributed by atoms with Crippen molar-refractivity contribution in [3.63, 3.8) is 0 Å². The molecular weight excluding hydrogens is 268 g/mol. The maximum absolute atomic E-state index is 12.1. The number of benzene rings is 2. The Kier molecular flexibility index (Phi) is 4.66.